The minimum absolute atomic E-state index is 0.108. The molecular formula is C19H17N5O3. The summed E-state index contributed by atoms with van der Waals surface area (Å²) in [5, 5.41) is 9.19. The molecule has 1 atom stereocenters. The SMILES string of the molecule is NC(=O)C(=O)C(Cc1ccccc1)NC(=O)c1n[nH]cc1-c1ccncc1. The van der Waals surface area contributed by atoms with E-state index in [4.69, 9.17) is 5.73 Å². The number of nitrogens with two attached hydrogens (primary N) is 1. The minimum atomic E-state index is -1.10. The monoisotopic (exact) mass is 363 g/mol. The Bertz CT molecular complexity index is 954. The molecular weight excluding hydrogens is 346 g/mol. The second-order valence-electron chi connectivity index (χ2n) is 5.83. The third kappa shape index (κ3) is 4.24. The van der Waals surface area contributed by atoms with Gasteiger partial charge < -0.3 is 11.1 Å². The van der Waals surface area contributed by atoms with Crippen molar-refractivity contribution in [1.82, 2.24) is 20.5 Å². The Labute approximate surface area is 154 Å². The van der Waals surface area contributed by atoms with E-state index in [1.54, 1.807) is 55.0 Å². The fourth-order valence-corrected chi connectivity index (χ4v) is 2.67. The zero-order valence-electron chi connectivity index (χ0n) is 14.3. The first kappa shape index (κ1) is 18.0. The molecule has 0 radical (unpaired) electrons. The summed E-state index contributed by atoms with van der Waals surface area (Å²) in [4.78, 5) is 40.2. The summed E-state index contributed by atoms with van der Waals surface area (Å²) in [6.45, 7) is 0. The molecule has 0 aliphatic rings. The number of aromatic amines is 1. The summed E-state index contributed by atoms with van der Waals surface area (Å²) in [5.74, 6) is -2.56. The van der Waals surface area contributed by atoms with Gasteiger partial charge in [-0.3, -0.25) is 24.5 Å². The number of benzene rings is 1. The van der Waals surface area contributed by atoms with Crippen molar-refractivity contribution in [3.05, 3.63) is 72.3 Å². The lowest BCUT2D eigenvalue weighted by atomic mass is 10.0. The molecule has 8 heteroatoms. The lowest BCUT2D eigenvalue weighted by Gasteiger charge is -2.16. The van der Waals surface area contributed by atoms with E-state index < -0.39 is 23.6 Å². The van der Waals surface area contributed by atoms with Crippen LogP contribution in [-0.2, 0) is 16.0 Å². The molecule has 3 rings (SSSR count). The summed E-state index contributed by atoms with van der Waals surface area (Å²) < 4.78 is 0. The number of carbonyl (C=O) groups excluding carboxylic acids is 3. The standard InChI is InChI=1S/C19H17N5O3/c20-18(26)17(25)15(10-12-4-2-1-3-5-12)23-19(27)16-14(11-22-24-16)13-6-8-21-9-7-13/h1-9,11,15H,10H2,(H2,20,26)(H,22,24)(H,23,27). The number of Topliss-reactive ketones (excluding diaryl/α,β-unsaturated/α-hetero) is 1. The van der Waals surface area contributed by atoms with E-state index >= 15 is 0 Å². The maximum absolute atomic E-state index is 12.7. The number of amides is 2. The third-order valence-electron chi connectivity index (χ3n) is 3.99. The van der Waals surface area contributed by atoms with Gasteiger partial charge in [-0.05, 0) is 23.3 Å². The van der Waals surface area contributed by atoms with Gasteiger partial charge in [-0.2, -0.15) is 5.10 Å². The van der Waals surface area contributed by atoms with Gasteiger partial charge >= 0.3 is 0 Å². The number of rotatable bonds is 7. The number of primary amides is 1. The van der Waals surface area contributed by atoms with Crippen LogP contribution in [0.2, 0.25) is 0 Å². The average Bonchev–Trinajstić information content (AvgIpc) is 3.18. The molecule has 136 valence electrons. The molecule has 27 heavy (non-hydrogen) atoms. The van der Waals surface area contributed by atoms with Crippen LogP contribution in [0.1, 0.15) is 16.1 Å². The van der Waals surface area contributed by atoms with Gasteiger partial charge in [0.1, 0.15) is 6.04 Å². The molecule has 0 saturated carbocycles. The number of carbonyl (C=O) groups is 3. The first-order chi connectivity index (χ1) is 13.1. The number of aromatic nitrogens is 3. The number of ketones is 1. The normalized spacial score (nSPS) is 11.6. The van der Waals surface area contributed by atoms with Crippen LogP contribution in [0, 0.1) is 0 Å². The number of nitrogens with zero attached hydrogens (tertiary/aromatic N) is 2. The molecule has 0 saturated heterocycles. The van der Waals surface area contributed by atoms with E-state index in [9.17, 15) is 14.4 Å². The van der Waals surface area contributed by atoms with Crippen molar-refractivity contribution in [2.75, 3.05) is 0 Å². The highest BCUT2D eigenvalue weighted by molar-refractivity contribution is 6.38. The number of hydrogen-bond acceptors (Lipinski definition) is 5. The van der Waals surface area contributed by atoms with Crippen molar-refractivity contribution in [2.24, 2.45) is 5.73 Å². The zero-order chi connectivity index (χ0) is 19.2. The fourth-order valence-electron chi connectivity index (χ4n) is 2.67. The predicted molar refractivity (Wildman–Crippen MR) is 97.4 cm³/mol. The van der Waals surface area contributed by atoms with E-state index in [0.29, 0.717) is 5.56 Å². The number of hydrogen-bond donors (Lipinski definition) is 3. The summed E-state index contributed by atoms with van der Waals surface area (Å²) in [6.07, 6.45) is 4.91. The molecule has 1 aromatic carbocycles. The average molecular weight is 363 g/mol. The maximum atomic E-state index is 12.7. The second kappa shape index (κ2) is 8.05. The van der Waals surface area contributed by atoms with Crippen LogP contribution < -0.4 is 11.1 Å². The van der Waals surface area contributed by atoms with Gasteiger partial charge in [0.2, 0.25) is 5.78 Å². The van der Waals surface area contributed by atoms with E-state index in [1.165, 1.54) is 0 Å². The minimum Gasteiger partial charge on any atom is -0.363 e. The van der Waals surface area contributed by atoms with Gasteiger partial charge in [0, 0.05) is 30.6 Å². The highest BCUT2D eigenvalue weighted by Crippen LogP contribution is 2.21. The van der Waals surface area contributed by atoms with Gasteiger partial charge in [-0.25, -0.2) is 0 Å². The van der Waals surface area contributed by atoms with Crippen molar-refractivity contribution >= 4 is 17.6 Å². The summed E-state index contributed by atoms with van der Waals surface area (Å²) in [7, 11) is 0. The Balaban J connectivity index is 1.84. The molecule has 2 aromatic heterocycles. The van der Waals surface area contributed by atoms with Crippen LogP contribution in [0.15, 0.2) is 61.1 Å². The van der Waals surface area contributed by atoms with Crippen LogP contribution in [0.25, 0.3) is 11.1 Å². The summed E-state index contributed by atoms with van der Waals surface area (Å²) in [6, 6.07) is 11.4. The van der Waals surface area contributed by atoms with Crippen LogP contribution in [-0.4, -0.2) is 38.8 Å². The molecule has 2 amide bonds. The molecule has 8 nitrogen and oxygen atoms in total. The van der Waals surface area contributed by atoms with Crippen molar-refractivity contribution in [1.29, 1.82) is 0 Å². The van der Waals surface area contributed by atoms with E-state index in [2.05, 4.69) is 20.5 Å². The zero-order valence-corrected chi connectivity index (χ0v) is 14.3. The second-order valence-corrected chi connectivity index (χ2v) is 5.83. The van der Waals surface area contributed by atoms with Crippen LogP contribution >= 0.6 is 0 Å². The molecule has 1 unspecified atom stereocenters. The van der Waals surface area contributed by atoms with Crippen LogP contribution in [0.5, 0.6) is 0 Å². The molecule has 0 bridgehead atoms. The Kier molecular flexibility index (Phi) is 5.36. The smallest absolute Gasteiger partial charge is 0.287 e. The quantitative estimate of drug-likeness (QED) is 0.536. The maximum Gasteiger partial charge on any atom is 0.287 e. The first-order valence-electron chi connectivity index (χ1n) is 8.19. The topological polar surface area (TPSA) is 131 Å². The molecule has 2 heterocycles. The van der Waals surface area contributed by atoms with Gasteiger partial charge in [-0.1, -0.05) is 30.3 Å². The number of nitrogens with one attached hydrogen (secondary N) is 2. The van der Waals surface area contributed by atoms with Crippen LogP contribution in [0.4, 0.5) is 0 Å². The van der Waals surface area contributed by atoms with Crippen molar-refractivity contribution in [2.45, 2.75) is 12.5 Å². The van der Waals surface area contributed by atoms with Gasteiger partial charge in [0.15, 0.2) is 5.69 Å². The lowest BCUT2D eigenvalue weighted by molar-refractivity contribution is -0.137. The van der Waals surface area contributed by atoms with Crippen molar-refractivity contribution in [3.63, 3.8) is 0 Å². The largest absolute Gasteiger partial charge is 0.363 e. The van der Waals surface area contributed by atoms with Gasteiger partial charge in [0.05, 0.1) is 0 Å². The Morgan fingerprint density at radius 3 is 2.44 bits per heavy atom. The van der Waals surface area contributed by atoms with E-state index in [-0.39, 0.29) is 12.1 Å². The van der Waals surface area contributed by atoms with Crippen molar-refractivity contribution in [3.8, 4) is 11.1 Å². The number of pyridine rings is 1. The third-order valence-corrected chi connectivity index (χ3v) is 3.99. The van der Waals surface area contributed by atoms with Gasteiger partial charge in [-0.15, -0.1) is 0 Å². The Hall–Kier alpha value is -3.81. The van der Waals surface area contributed by atoms with Gasteiger partial charge in [0.25, 0.3) is 11.8 Å². The summed E-state index contributed by atoms with van der Waals surface area (Å²) >= 11 is 0. The van der Waals surface area contributed by atoms with Crippen LogP contribution in [0.3, 0.4) is 0 Å². The molecule has 0 aliphatic carbocycles. The molecule has 3 aromatic rings. The predicted octanol–water partition coefficient (Wildman–Crippen LogP) is 0.867. The molecule has 0 fully saturated rings. The fraction of sp³-hybridized carbons (Fsp3) is 0.105. The van der Waals surface area contributed by atoms with E-state index in [1.807, 2.05) is 6.07 Å². The Morgan fingerprint density at radius 2 is 1.78 bits per heavy atom. The van der Waals surface area contributed by atoms with E-state index in [0.717, 1.165) is 11.1 Å². The number of H-pyrrole nitrogens is 1. The highest BCUT2D eigenvalue weighted by atomic mass is 16.2. The molecule has 0 aliphatic heterocycles. The molecule has 0 spiro atoms. The highest BCUT2D eigenvalue weighted by Gasteiger charge is 2.27. The first-order valence-corrected chi connectivity index (χ1v) is 8.19. The van der Waals surface area contributed by atoms with Crippen molar-refractivity contribution < 1.29 is 14.4 Å². The Morgan fingerprint density at radius 1 is 1.07 bits per heavy atom. The molecule has 4 N–H and O–H groups in total. The summed E-state index contributed by atoms with van der Waals surface area (Å²) in [5.41, 5.74) is 7.33. The lowest BCUT2D eigenvalue weighted by Crippen LogP contribution is -2.47.